The fourth-order valence-corrected chi connectivity index (χ4v) is 2.75. The first kappa shape index (κ1) is 20.1. The van der Waals surface area contributed by atoms with Crippen LogP contribution in [-0.2, 0) is 4.79 Å². The summed E-state index contributed by atoms with van der Waals surface area (Å²) in [5, 5.41) is 15.5. The number of carbonyl (C=O) groups excluding carboxylic acids is 1. The lowest BCUT2D eigenvalue weighted by Crippen LogP contribution is -2.32. The Hall–Kier alpha value is -4.21. The number of benzene rings is 1. The Balaban J connectivity index is 1.31. The van der Waals surface area contributed by atoms with Crippen LogP contribution in [0.3, 0.4) is 0 Å². The van der Waals surface area contributed by atoms with E-state index in [-0.39, 0.29) is 19.1 Å². The number of nitrogens with zero attached hydrogens (tertiary/aromatic N) is 5. The second kappa shape index (κ2) is 9.53. The van der Waals surface area contributed by atoms with Gasteiger partial charge in [-0.2, -0.15) is 4.52 Å². The highest BCUT2D eigenvalue weighted by molar-refractivity contribution is 5.77. The largest absolute Gasteiger partial charge is 0.497 e. The van der Waals surface area contributed by atoms with E-state index < -0.39 is 0 Å². The number of aromatic nitrogens is 5. The molecule has 0 fully saturated rings. The van der Waals surface area contributed by atoms with Crippen LogP contribution in [0.5, 0.6) is 17.4 Å². The van der Waals surface area contributed by atoms with Crippen molar-refractivity contribution in [1.29, 1.82) is 0 Å². The summed E-state index contributed by atoms with van der Waals surface area (Å²) in [7, 11) is 1.61. The van der Waals surface area contributed by atoms with Gasteiger partial charge in [0.05, 0.1) is 19.9 Å². The van der Waals surface area contributed by atoms with E-state index in [9.17, 15) is 4.79 Å². The molecule has 0 saturated carbocycles. The summed E-state index contributed by atoms with van der Waals surface area (Å²) in [5.74, 6) is 2.01. The molecule has 0 aliphatic rings. The van der Waals surface area contributed by atoms with Crippen LogP contribution >= 0.6 is 0 Å². The maximum absolute atomic E-state index is 11.9. The SMILES string of the molecule is COc1ccc(-c2nnc3ccc(OCCNC(=O)COc4cccnc4)nn23)cc1. The zero-order chi connectivity index (χ0) is 21.5. The standard InChI is InChI=1S/C21H20N6O4/c1-29-16-6-4-15(5-7-16)21-25-24-18-8-9-20(26-27(18)21)30-12-11-23-19(28)14-31-17-3-2-10-22-13-17/h2-10,13H,11-12,14H2,1H3,(H,23,28). The monoisotopic (exact) mass is 420 g/mol. The van der Waals surface area contributed by atoms with Crippen LogP contribution < -0.4 is 19.5 Å². The van der Waals surface area contributed by atoms with E-state index in [4.69, 9.17) is 14.2 Å². The molecule has 3 heterocycles. The summed E-state index contributed by atoms with van der Waals surface area (Å²) in [5.41, 5.74) is 1.44. The van der Waals surface area contributed by atoms with Gasteiger partial charge in [0, 0.05) is 17.8 Å². The summed E-state index contributed by atoms with van der Waals surface area (Å²) in [6.45, 7) is 0.460. The molecule has 158 valence electrons. The third-order valence-corrected chi connectivity index (χ3v) is 4.27. The minimum Gasteiger partial charge on any atom is -0.497 e. The Kier molecular flexibility index (Phi) is 6.17. The molecular weight excluding hydrogens is 400 g/mol. The minimum absolute atomic E-state index is 0.0954. The van der Waals surface area contributed by atoms with Crippen molar-refractivity contribution in [2.75, 3.05) is 26.9 Å². The van der Waals surface area contributed by atoms with Crippen molar-refractivity contribution in [2.45, 2.75) is 0 Å². The van der Waals surface area contributed by atoms with Gasteiger partial charge in [-0.3, -0.25) is 9.78 Å². The van der Waals surface area contributed by atoms with Crippen LogP contribution in [0.15, 0.2) is 60.9 Å². The Labute approximate surface area is 177 Å². The Bertz CT molecular complexity index is 1150. The predicted octanol–water partition coefficient (Wildman–Crippen LogP) is 1.77. The van der Waals surface area contributed by atoms with E-state index in [1.165, 1.54) is 0 Å². The van der Waals surface area contributed by atoms with E-state index in [1.54, 1.807) is 48.3 Å². The maximum atomic E-state index is 11.9. The molecule has 10 heteroatoms. The fourth-order valence-electron chi connectivity index (χ4n) is 2.75. The number of methoxy groups -OCH3 is 1. The topological polar surface area (TPSA) is 113 Å². The van der Waals surface area contributed by atoms with Gasteiger partial charge in [0.15, 0.2) is 18.1 Å². The third-order valence-electron chi connectivity index (χ3n) is 4.27. The van der Waals surface area contributed by atoms with Crippen LogP contribution in [0, 0.1) is 0 Å². The lowest BCUT2D eigenvalue weighted by atomic mass is 10.2. The van der Waals surface area contributed by atoms with E-state index in [1.807, 2.05) is 24.3 Å². The van der Waals surface area contributed by atoms with Crippen LogP contribution in [0.4, 0.5) is 0 Å². The number of ether oxygens (including phenoxy) is 3. The minimum atomic E-state index is -0.253. The lowest BCUT2D eigenvalue weighted by Gasteiger charge is -2.08. The number of amides is 1. The molecular formula is C21H20N6O4. The zero-order valence-corrected chi connectivity index (χ0v) is 16.8. The summed E-state index contributed by atoms with van der Waals surface area (Å²) in [6, 6.07) is 14.4. The molecule has 1 aromatic carbocycles. The Morgan fingerprint density at radius 1 is 1.03 bits per heavy atom. The van der Waals surface area contributed by atoms with E-state index >= 15 is 0 Å². The number of fused-ring (bicyclic) bond motifs is 1. The Morgan fingerprint density at radius 2 is 1.90 bits per heavy atom. The molecule has 1 N–H and O–H groups in total. The van der Waals surface area contributed by atoms with Crippen LogP contribution in [-0.4, -0.2) is 57.6 Å². The fraction of sp³-hybridized carbons (Fsp3) is 0.190. The molecule has 0 atom stereocenters. The molecule has 1 amide bonds. The number of hydrogen-bond donors (Lipinski definition) is 1. The highest BCUT2D eigenvalue weighted by Crippen LogP contribution is 2.21. The molecule has 0 radical (unpaired) electrons. The molecule has 4 rings (SSSR count). The van der Waals surface area contributed by atoms with Crippen molar-refractivity contribution in [3.8, 4) is 28.8 Å². The summed E-state index contributed by atoms with van der Waals surface area (Å²) >= 11 is 0. The van der Waals surface area contributed by atoms with Crippen LogP contribution in [0.25, 0.3) is 17.0 Å². The molecule has 4 aromatic rings. The summed E-state index contributed by atoms with van der Waals surface area (Å²) < 4.78 is 17.8. The molecule has 0 unspecified atom stereocenters. The quantitative estimate of drug-likeness (QED) is 0.408. The highest BCUT2D eigenvalue weighted by atomic mass is 16.5. The number of pyridine rings is 1. The predicted molar refractivity (Wildman–Crippen MR) is 111 cm³/mol. The van der Waals surface area contributed by atoms with Gasteiger partial charge in [-0.25, -0.2) is 0 Å². The average molecular weight is 420 g/mol. The highest BCUT2D eigenvalue weighted by Gasteiger charge is 2.11. The van der Waals surface area contributed by atoms with E-state index in [2.05, 4.69) is 25.6 Å². The van der Waals surface area contributed by atoms with Crippen molar-refractivity contribution in [2.24, 2.45) is 0 Å². The van der Waals surface area contributed by atoms with E-state index in [0.29, 0.717) is 29.6 Å². The number of nitrogens with one attached hydrogen (secondary N) is 1. The van der Waals surface area contributed by atoms with Crippen molar-refractivity contribution in [1.82, 2.24) is 30.1 Å². The second-order valence-corrected chi connectivity index (χ2v) is 6.37. The van der Waals surface area contributed by atoms with Gasteiger partial charge in [-0.15, -0.1) is 15.3 Å². The first-order chi connectivity index (χ1) is 15.2. The van der Waals surface area contributed by atoms with Gasteiger partial charge in [0.1, 0.15) is 18.1 Å². The molecule has 0 saturated heterocycles. The number of hydrogen-bond acceptors (Lipinski definition) is 8. The normalized spacial score (nSPS) is 10.6. The van der Waals surface area contributed by atoms with Crippen LogP contribution in [0.2, 0.25) is 0 Å². The van der Waals surface area contributed by atoms with Crippen molar-refractivity contribution in [3.05, 3.63) is 60.9 Å². The lowest BCUT2D eigenvalue weighted by molar-refractivity contribution is -0.123. The average Bonchev–Trinajstić information content (AvgIpc) is 3.24. The van der Waals surface area contributed by atoms with Crippen molar-refractivity contribution < 1.29 is 19.0 Å². The zero-order valence-electron chi connectivity index (χ0n) is 16.8. The molecule has 31 heavy (non-hydrogen) atoms. The van der Waals surface area contributed by atoms with Gasteiger partial charge in [0.2, 0.25) is 5.88 Å². The smallest absolute Gasteiger partial charge is 0.258 e. The first-order valence-electron chi connectivity index (χ1n) is 9.52. The third kappa shape index (κ3) is 5.04. The summed E-state index contributed by atoms with van der Waals surface area (Å²) in [4.78, 5) is 15.8. The first-order valence-corrected chi connectivity index (χ1v) is 9.52. The van der Waals surface area contributed by atoms with Crippen LogP contribution in [0.1, 0.15) is 0 Å². The maximum Gasteiger partial charge on any atom is 0.258 e. The molecule has 0 spiro atoms. The Morgan fingerprint density at radius 3 is 2.68 bits per heavy atom. The van der Waals surface area contributed by atoms with Gasteiger partial charge < -0.3 is 19.5 Å². The van der Waals surface area contributed by atoms with Crippen molar-refractivity contribution >= 4 is 11.6 Å². The molecule has 0 bridgehead atoms. The van der Waals surface area contributed by atoms with Crippen molar-refractivity contribution in [3.63, 3.8) is 0 Å². The van der Waals surface area contributed by atoms with Gasteiger partial charge in [-0.05, 0) is 42.5 Å². The van der Waals surface area contributed by atoms with E-state index in [0.717, 1.165) is 11.3 Å². The van der Waals surface area contributed by atoms with Gasteiger partial charge in [0.25, 0.3) is 5.91 Å². The molecule has 10 nitrogen and oxygen atoms in total. The number of rotatable bonds is 9. The second-order valence-electron chi connectivity index (χ2n) is 6.37. The van der Waals surface area contributed by atoms with Gasteiger partial charge >= 0.3 is 0 Å². The van der Waals surface area contributed by atoms with Gasteiger partial charge in [-0.1, -0.05) is 0 Å². The molecule has 0 aliphatic heterocycles. The number of carbonyl (C=O) groups is 1. The molecule has 3 aromatic heterocycles. The molecule has 0 aliphatic carbocycles. The summed E-state index contributed by atoms with van der Waals surface area (Å²) in [6.07, 6.45) is 3.18.